The lowest BCUT2D eigenvalue weighted by atomic mass is 9.90. The predicted molar refractivity (Wildman–Crippen MR) is 71.9 cm³/mol. The average Bonchev–Trinajstić information content (AvgIpc) is 2.41. The maximum Gasteiger partial charge on any atom is 0.230 e. The monoisotopic (exact) mass is 261 g/mol. The van der Waals surface area contributed by atoms with E-state index in [4.69, 9.17) is 4.74 Å². The number of nitrogens with one attached hydrogen (secondary N) is 1. The standard InChI is InChI=1S/C15H19NO3/c1-3-10-4-6-13(19-2)12(8-10)9-11-5-7-14(17)16-15(11)18/h4,6,8,11H,3,5,7,9H2,1-2H3,(H,16,17,18). The zero-order chi connectivity index (χ0) is 13.8. The van der Waals surface area contributed by atoms with E-state index in [2.05, 4.69) is 18.3 Å². The smallest absolute Gasteiger partial charge is 0.230 e. The Kier molecular flexibility index (Phi) is 4.20. The van der Waals surface area contributed by atoms with Crippen LogP contribution in [0.3, 0.4) is 0 Å². The summed E-state index contributed by atoms with van der Waals surface area (Å²) >= 11 is 0. The second-order valence-corrected chi connectivity index (χ2v) is 4.85. The van der Waals surface area contributed by atoms with Crippen LogP contribution in [0.5, 0.6) is 5.75 Å². The van der Waals surface area contributed by atoms with Gasteiger partial charge in [-0.15, -0.1) is 0 Å². The van der Waals surface area contributed by atoms with E-state index in [-0.39, 0.29) is 17.7 Å². The highest BCUT2D eigenvalue weighted by Crippen LogP contribution is 2.26. The molecule has 1 atom stereocenters. The maximum atomic E-state index is 11.8. The lowest BCUT2D eigenvalue weighted by molar-refractivity contribution is -0.136. The zero-order valence-electron chi connectivity index (χ0n) is 11.4. The summed E-state index contributed by atoms with van der Waals surface area (Å²) in [5, 5.41) is 2.40. The van der Waals surface area contributed by atoms with E-state index < -0.39 is 0 Å². The largest absolute Gasteiger partial charge is 0.496 e. The second-order valence-electron chi connectivity index (χ2n) is 4.85. The number of methoxy groups -OCH3 is 1. The summed E-state index contributed by atoms with van der Waals surface area (Å²) in [6.45, 7) is 2.09. The number of imide groups is 1. The number of carbonyl (C=O) groups is 2. The van der Waals surface area contributed by atoms with E-state index in [9.17, 15) is 9.59 Å². The van der Waals surface area contributed by atoms with Crippen LogP contribution in [0.15, 0.2) is 18.2 Å². The summed E-state index contributed by atoms with van der Waals surface area (Å²) < 4.78 is 5.34. The number of hydrogen-bond acceptors (Lipinski definition) is 3. The van der Waals surface area contributed by atoms with Crippen LogP contribution in [0.4, 0.5) is 0 Å². The minimum atomic E-state index is -0.171. The normalized spacial score (nSPS) is 19.2. The molecule has 1 saturated heterocycles. The molecular formula is C15H19NO3. The Hall–Kier alpha value is -1.84. The summed E-state index contributed by atoms with van der Waals surface area (Å²) in [6, 6.07) is 6.06. The van der Waals surface area contributed by atoms with Crippen molar-refractivity contribution < 1.29 is 14.3 Å². The molecule has 19 heavy (non-hydrogen) atoms. The van der Waals surface area contributed by atoms with Crippen LogP contribution in [0.1, 0.15) is 30.9 Å². The Morgan fingerprint density at radius 3 is 2.79 bits per heavy atom. The molecule has 1 fully saturated rings. The Morgan fingerprint density at radius 1 is 1.37 bits per heavy atom. The molecule has 1 heterocycles. The van der Waals surface area contributed by atoms with Crippen molar-refractivity contribution in [2.24, 2.45) is 5.92 Å². The highest BCUT2D eigenvalue weighted by molar-refractivity contribution is 5.98. The van der Waals surface area contributed by atoms with Crippen LogP contribution in [0.25, 0.3) is 0 Å². The first kappa shape index (κ1) is 13.6. The number of aryl methyl sites for hydroxylation is 1. The van der Waals surface area contributed by atoms with Crippen molar-refractivity contribution in [1.29, 1.82) is 0 Å². The van der Waals surface area contributed by atoms with Gasteiger partial charge < -0.3 is 4.74 Å². The summed E-state index contributed by atoms with van der Waals surface area (Å²) in [6.07, 6.45) is 2.61. The topological polar surface area (TPSA) is 55.4 Å². The molecule has 4 heteroatoms. The summed E-state index contributed by atoms with van der Waals surface area (Å²) in [5.41, 5.74) is 2.26. The molecule has 2 amide bonds. The maximum absolute atomic E-state index is 11.8. The van der Waals surface area contributed by atoms with Gasteiger partial charge in [-0.25, -0.2) is 0 Å². The van der Waals surface area contributed by atoms with Gasteiger partial charge in [0.15, 0.2) is 0 Å². The van der Waals surface area contributed by atoms with Crippen LogP contribution >= 0.6 is 0 Å². The SMILES string of the molecule is CCc1ccc(OC)c(CC2CCC(=O)NC2=O)c1. The fourth-order valence-corrected chi connectivity index (χ4v) is 2.41. The van der Waals surface area contributed by atoms with E-state index in [1.54, 1.807) is 7.11 Å². The number of hydrogen-bond donors (Lipinski definition) is 1. The average molecular weight is 261 g/mol. The molecule has 0 bridgehead atoms. The van der Waals surface area contributed by atoms with Crippen LogP contribution in [-0.2, 0) is 22.4 Å². The van der Waals surface area contributed by atoms with Crippen molar-refractivity contribution >= 4 is 11.8 Å². The fourth-order valence-electron chi connectivity index (χ4n) is 2.41. The number of benzene rings is 1. The molecular weight excluding hydrogens is 242 g/mol. The molecule has 0 radical (unpaired) electrons. The predicted octanol–water partition coefficient (Wildman–Crippen LogP) is 1.85. The van der Waals surface area contributed by atoms with Crippen LogP contribution in [-0.4, -0.2) is 18.9 Å². The summed E-state index contributed by atoms with van der Waals surface area (Å²) in [7, 11) is 1.63. The highest BCUT2D eigenvalue weighted by atomic mass is 16.5. The first-order chi connectivity index (χ1) is 9.13. The molecule has 1 N–H and O–H groups in total. The van der Waals surface area contributed by atoms with E-state index in [1.807, 2.05) is 12.1 Å². The van der Waals surface area contributed by atoms with E-state index in [0.717, 1.165) is 17.7 Å². The number of rotatable bonds is 4. The van der Waals surface area contributed by atoms with Crippen LogP contribution < -0.4 is 10.1 Å². The molecule has 1 aromatic rings. The van der Waals surface area contributed by atoms with E-state index >= 15 is 0 Å². The Bertz CT molecular complexity index is 496. The van der Waals surface area contributed by atoms with Crippen molar-refractivity contribution in [1.82, 2.24) is 5.32 Å². The quantitative estimate of drug-likeness (QED) is 0.842. The second kappa shape index (κ2) is 5.87. The van der Waals surface area contributed by atoms with E-state index in [1.165, 1.54) is 5.56 Å². The van der Waals surface area contributed by atoms with Gasteiger partial charge in [0.05, 0.1) is 7.11 Å². The van der Waals surface area contributed by atoms with Gasteiger partial charge in [0.2, 0.25) is 11.8 Å². The number of carbonyl (C=O) groups excluding carboxylic acids is 2. The molecule has 0 spiro atoms. The van der Waals surface area contributed by atoms with Gasteiger partial charge in [-0.1, -0.05) is 19.1 Å². The molecule has 4 nitrogen and oxygen atoms in total. The molecule has 1 aliphatic heterocycles. The van der Waals surface area contributed by atoms with Gasteiger partial charge in [0, 0.05) is 12.3 Å². The van der Waals surface area contributed by atoms with Crippen molar-refractivity contribution in [2.45, 2.75) is 32.6 Å². The van der Waals surface area contributed by atoms with Crippen molar-refractivity contribution in [3.8, 4) is 5.75 Å². The van der Waals surface area contributed by atoms with Crippen LogP contribution in [0, 0.1) is 5.92 Å². The van der Waals surface area contributed by atoms with Gasteiger partial charge in [0.1, 0.15) is 5.75 Å². The Labute approximate surface area is 113 Å². The lowest BCUT2D eigenvalue weighted by Crippen LogP contribution is -2.41. The van der Waals surface area contributed by atoms with Gasteiger partial charge in [-0.2, -0.15) is 0 Å². The Balaban J connectivity index is 2.17. The fraction of sp³-hybridized carbons (Fsp3) is 0.467. The lowest BCUT2D eigenvalue weighted by Gasteiger charge is -2.21. The first-order valence-corrected chi connectivity index (χ1v) is 6.63. The molecule has 102 valence electrons. The third kappa shape index (κ3) is 3.13. The minimum Gasteiger partial charge on any atom is -0.496 e. The van der Waals surface area contributed by atoms with Gasteiger partial charge in [-0.3, -0.25) is 14.9 Å². The van der Waals surface area contributed by atoms with Crippen molar-refractivity contribution in [3.05, 3.63) is 29.3 Å². The van der Waals surface area contributed by atoms with E-state index in [0.29, 0.717) is 19.3 Å². The molecule has 0 saturated carbocycles. The third-order valence-corrected chi connectivity index (χ3v) is 3.57. The zero-order valence-corrected chi connectivity index (χ0v) is 11.4. The number of ether oxygens (including phenoxy) is 1. The molecule has 1 aromatic carbocycles. The molecule has 1 unspecified atom stereocenters. The first-order valence-electron chi connectivity index (χ1n) is 6.63. The summed E-state index contributed by atoms with van der Waals surface area (Å²) in [5.74, 6) is 0.330. The van der Waals surface area contributed by atoms with Gasteiger partial charge in [-0.05, 0) is 36.5 Å². The summed E-state index contributed by atoms with van der Waals surface area (Å²) in [4.78, 5) is 22.9. The molecule has 2 rings (SSSR count). The number of amides is 2. The van der Waals surface area contributed by atoms with Crippen molar-refractivity contribution in [3.63, 3.8) is 0 Å². The highest BCUT2D eigenvalue weighted by Gasteiger charge is 2.27. The van der Waals surface area contributed by atoms with Gasteiger partial charge in [0.25, 0.3) is 0 Å². The van der Waals surface area contributed by atoms with Crippen LogP contribution in [0.2, 0.25) is 0 Å². The van der Waals surface area contributed by atoms with Crippen molar-refractivity contribution in [2.75, 3.05) is 7.11 Å². The minimum absolute atomic E-state index is 0.140. The third-order valence-electron chi connectivity index (χ3n) is 3.57. The van der Waals surface area contributed by atoms with Gasteiger partial charge >= 0.3 is 0 Å². The Morgan fingerprint density at radius 2 is 2.16 bits per heavy atom. The molecule has 1 aliphatic rings. The molecule has 0 aromatic heterocycles. The number of piperidine rings is 1. The molecule has 0 aliphatic carbocycles.